The lowest BCUT2D eigenvalue weighted by Gasteiger charge is -2.29. The minimum Gasteiger partial charge on any atom is -0.324 e. The Morgan fingerprint density at radius 3 is 2.33 bits per heavy atom. The molecule has 3 aromatic heterocycles. The molecule has 4 heterocycles. The number of likely N-dealkylation sites (tertiary alicyclic amines) is 1. The molecule has 1 aliphatic rings. The summed E-state index contributed by atoms with van der Waals surface area (Å²) in [7, 11) is -1.69. The normalized spacial score (nSPS) is 15.5. The summed E-state index contributed by atoms with van der Waals surface area (Å²) in [5.74, 6) is -0.407. The van der Waals surface area contributed by atoms with Gasteiger partial charge in [-0.15, -0.1) is 0 Å². The molecule has 0 atom stereocenters. The maximum Gasteiger partial charge on any atom is 0.245 e. The molecule has 2 N–H and O–H groups in total. The molecular formula is C28H33F2N7O2S. The molecular weight excluding hydrogens is 536 g/mol. The Hall–Kier alpha value is -3.64. The zero-order valence-electron chi connectivity index (χ0n) is 23.2. The number of anilines is 4. The number of hydrogen-bond acceptors (Lipinski definition) is 8. The average molecular weight is 570 g/mol. The topological polar surface area (TPSA) is 105 Å². The molecule has 1 saturated heterocycles. The van der Waals surface area contributed by atoms with E-state index in [2.05, 4.69) is 30.5 Å². The first kappa shape index (κ1) is 27.9. The summed E-state index contributed by atoms with van der Waals surface area (Å²) >= 11 is 0. The first-order chi connectivity index (χ1) is 18.8. The third-order valence-corrected chi connectivity index (χ3v) is 9.58. The Morgan fingerprint density at radius 2 is 1.68 bits per heavy atom. The van der Waals surface area contributed by atoms with Crippen molar-refractivity contribution in [2.24, 2.45) is 0 Å². The number of hydrogen-bond donors (Lipinski definition) is 2. The van der Waals surface area contributed by atoms with Crippen LogP contribution in [0.5, 0.6) is 0 Å². The van der Waals surface area contributed by atoms with Crippen LogP contribution in [0.2, 0.25) is 0 Å². The molecule has 0 aliphatic carbocycles. The monoisotopic (exact) mass is 569 g/mol. The zero-order chi connectivity index (χ0) is 28.8. The number of rotatable bonds is 6. The van der Waals surface area contributed by atoms with E-state index in [1.165, 1.54) is 22.3 Å². The standard InChI is InChI=1S/C28H33F2N7O2S/c1-17-16-31-27(32-20-14-21(29)24(22(30)15-20)18-8-11-36(5)12-9-18)35-25(17)33-23-7-6-19-10-13-37(26(19)34-23)40(38,39)28(2,3)4/h6-7,10,13-16,18H,8-9,11-12H2,1-5H3,(H2,31,32,33,34,35). The number of benzene rings is 1. The van der Waals surface area contributed by atoms with Crippen molar-refractivity contribution in [2.75, 3.05) is 30.8 Å². The lowest BCUT2D eigenvalue weighted by atomic mass is 9.88. The number of fused-ring (bicyclic) bond motifs is 1. The van der Waals surface area contributed by atoms with E-state index in [-0.39, 0.29) is 23.1 Å². The number of pyridine rings is 1. The highest BCUT2D eigenvalue weighted by Gasteiger charge is 2.32. The molecule has 1 aromatic carbocycles. The van der Waals surface area contributed by atoms with E-state index in [9.17, 15) is 8.42 Å². The molecule has 0 spiro atoms. The molecule has 40 heavy (non-hydrogen) atoms. The van der Waals surface area contributed by atoms with Gasteiger partial charge in [0.2, 0.25) is 16.0 Å². The first-order valence-corrected chi connectivity index (χ1v) is 14.6. The molecule has 12 heteroatoms. The second-order valence-electron chi connectivity index (χ2n) is 11.2. The van der Waals surface area contributed by atoms with Crippen LogP contribution >= 0.6 is 0 Å². The Balaban J connectivity index is 1.39. The highest BCUT2D eigenvalue weighted by atomic mass is 32.2. The highest BCUT2D eigenvalue weighted by molar-refractivity contribution is 7.91. The van der Waals surface area contributed by atoms with Crippen LogP contribution < -0.4 is 10.6 Å². The lowest BCUT2D eigenvalue weighted by molar-refractivity contribution is 0.250. The molecule has 0 saturated carbocycles. The largest absolute Gasteiger partial charge is 0.324 e. The molecule has 0 unspecified atom stereocenters. The first-order valence-electron chi connectivity index (χ1n) is 13.1. The van der Waals surface area contributed by atoms with Crippen molar-refractivity contribution in [3.05, 3.63) is 65.5 Å². The Labute approximate surface area is 232 Å². The second-order valence-corrected chi connectivity index (χ2v) is 13.8. The minimum absolute atomic E-state index is 0.130. The summed E-state index contributed by atoms with van der Waals surface area (Å²) in [5, 5.41) is 6.68. The van der Waals surface area contributed by atoms with E-state index in [1.54, 1.807) is 52.1 Å². The van der Waals surface area contributed by atoms with Crippen LogP contribution in [0.3, 0.4) is 0 Å². The zero-order valence-corrected chi connectivity index (χ0v) is 24.0. The average Bonchev–Trinajstić information content (AvgIpc) is 3.30. The predicted octanol–water partition coefficient (Wildman–Crippen LogP) is 5.69. The fraction of sp³-hybridized carbons (Fsp3) is 0.393. The van der Waals surface area contributed by atoms with Crippen LogP contribution in [0.4, 0.5) is 32.1 Å². The van der Waals surface area contributed by atoms with Gasteiger partial charge in [-0.3, -0.25) is 0 Å². The highest BCUT2D eigenvalue weighted by Crippen LogP contribution is 2.34. The van der Waals surface area contributed by atoms with E-state index in [1.807, 2.05) is 7.05 Å². The van der Waals surface area contributed by atoms with Gasteiger partial charge in [0.15, 0.2) is 5.65 Å². The Morgan fingerprint density at radius 1 is 1.00 bits per heavy atom. The fourth-order valence-electron chi connectivity index (χ4n) is 4.77. The van der Waals surface area contributed by atoms with Gasteiger partial charge in [-0.05, 0) is 96.9 Å². The van der Waals surface area contributed by atoms with Crippen LogP contribution in [0, 0.1) is 18.6 Å². The fourth-order valence-corrected chi connectivity index (χ4v) is 5.95. The van der Waals surface area contributed by atoms with Gasteiger partial charge >= 0.3 is 0 Å². The number of aromatic nitrogens is 4. The summed E-state index contributed by atoms with van der Waals surface area (Å²) in [4.78, 5) is 15.4. The quantitative estimate of drug-likeness (QED) is 0.305. The number of piperidine rings is 1. The minimum atomic E-state index is -3.69. The van der Waals surface area contributed by atoms with Crippen LogP contribution in [0.1, 0.15) is 50.7 Å². The third-order valence-electron chi connectivity index (χ3n) is 7.22. The number of nitrogens with one attached hydrogen (secondary N) is 2. The van der Waals surface area contributed by atoms with Gasteiger partial charge in [0, 0.05) is 34.6 Å². The molecule has 1 fully saturated rings. The maximum atomic E-state index is 15.0. The van der Waals surface area contributed by atoms with Crippen molar-refractivity contribution in [1.29, 1.82) is 0 Å². The molecule has 0 bridgehead atoms. The van der Waals surface area contributed by atoms with Crippen molar-refractivity contribution < 1.29 is 17.2 Å². The number of nitrogens with zero attached hydrogens (tertiary/aromatic N) is 5. The molecule has 0 amide bonds. The molecule has 212 valence electrons. The van der Waals surface area contributed by atoms with Gasteiger partial charge in [-0.1, -0.05) is 0 Å². The van der Waals surface area contributed by atoms with E-state index in [0.29, 0.717) is 41.1 Å². The lowest BCUT2D eigenvalue weighted by Crippen LogP contribution is -2.33. The van der Waals surface area contributed by atoms with Crippen molar-refractivity contribution in [2.45, 2.75) is 51.2 Å². The molecule has 1 aliphatic heterocycles. The van der Waals surface area contributed by atoms with Crippen LogP contribution in [-0.2, 0) is 10.0 Å². The van der Waals surface area contributed by atoms with Crippen molar-refractivity contribution >= 4 is 44.3 Å². The van der Waals surface area contributed by atoms with Gasteiger partial charge in [-0.2, -0.15) is 4.98 Å². The van der Waals surface area contributed by atoms with Crippen molar-refractivity contribution in [3.63, 3.8) is 0 Å². The van der Waals surface area contributed by atoms with Crippen molar-refractivity contribution in [3.8, 4) is 0 Å². The van der Waals surface area contributed by atoms with Crippen LogP contribution in [0.25, 0.3) is 11.0 Å². The third kappa shape index (κ3) is 5.37. The van der Waals surface area contributed by atoms with E-state index in [0.717, 1.165) is 13.1 Å². The smallest absolute Gasteiger partial charge is 0.245 e. The summed E-state index contributed by atoms with van der Waals surface area (Å²) in [6.45, 7) is 8.30. The van der Waals surface area contributed by atoms with Gasteiger partial charge in [0.05, 0.1) is 4.75 Å². The molecule has 0 radical (unpaired) electrons. The van der Waals surface area contributed by atoms with E-state index >= 15 is 8.78 Å². The Bertz CT molecular complexity index is 1650. The van der Waals surface area contributed by atoms with Gasteiger partial charge < -0.3 is 15.5 Å². The van der Waals surface area contributed by atoms with Crippen LogP contribution in [-0.4, -0.2) is 57.1 Å². The molecule has 9 nitrogen and oxygen atoms in total. The predicted molar refractivity (Wildman–Crippen MR) is 153 cm³/mol. The van der Waals surface area contributed by atoms with E-state index < -0.39 is 26.4 Å². The summed E-state index contributed by atoms with van der Waals surface area (Å²) in [5.41, 5.74) is 1.32. The summed E-state index contributed by atoms with van der Waals surface area (Å²) < 4.78 is 56.3. The number of halogens is 2. The SMILES string of the molecule is Cc1cnc(Nc2cc(F)c(C3CCN(C)CC3)c(F)c2)nc1Nc1ccc2ccn(S(=O)(=O)C(C)(C)C)c2n1. The summed E-state index contributed by atoms with van der Waals surface area (Å²) in [6.07, 6.45) is 4.48. The van der Waals surface area contributed by atoms with Crippen molar-refractivity contribution in [1.82, 2.24) is 23.8 Å². The van der Waals surface area contributed by atoms with E-state index in [4.69, 9.17) is 0 Å². The second kappa shape index (κ2) is 10.4. The number of aryl methyl sites for hydroxylation is 1. The Kier molecular flexibility index (Phi) is 7.26. The maximum absolute atomic E-state index is 15.0. The van der Waals surface area contributed by atoms with Gasteiger partial charge in [0.25, 0.3) is 0 Å². The summed E-state index contributed by atoms with van der Waals surface area (Å²) in [6, 6.07) is 7.73. The van der Waals surface area contributed by atoms with Gasteiger partial charge in [0.1, 0.15) is 23.3 Å². The molecule has 4 aromatic rings. The van der Waals surface area contributed by atoms with Crippen LogP contribution in [0.15, 0.2) is 42.7 Å². The van der Waals surface area contributed by atoms with Gasteiger partial charge in [-0.25, -0.2) is 31.1 Å². The molecule has 5 rings (SSSR count).